The number of methoxy groups -OCH3 is 1. The highest BCUT2D eigenvalue weighted by Crippen LogP contribution is 2.35. The minimum absolute atomic E-state index is 0.219. The first-order valence-corrected chi connectivity index (χ1v) is 10.2. The van der Waals surface area contributed by atoms with Crippen LogP contribution in [0, 0.1) is 0 Å². The van der Waals surface area contributed by atoms with Crippen LogP contribution in [0.2, 0.25) is 0 Å². The number of rotatable bonds is 4. The topological polar surface area (TPSA) is 99.0 Å². The summed E-state index contributed by atoms with van der Waals surface area (Å²) in [5.74, 6) is 2.98. The molecule has 1 unspecified atom stereocenters. The second kappa shape index (κ2) is 8.17. The minimum Gasteiger partial charge on any atom is -0.497 e. The van der Waals surface area contributed by atoms with Crippen molar-refractivity contribution < 1.29 is 23.5 Å². The number of nitrogens with one attached hydrogen (secondary N) is 1. The molecule has 2 aliphatic rings. The number of nitrogens with zero attached hydrogens (tertiary/aromatic N) is 3. The number of anilines is 1. The molecule has 0 spiro atoms. The van der Waals surface area contributed by atoms with Crippen LogP contribution in [-0.4, -0.2) is 47.9 Å². The van der Waals surface area contributed by atoms with Crippen LogP contribution in [0.4, 0.5) is 10.5 Å². The molecule has 5 rings (SSSR count). The number of aromatic nitrogens is 2. The number of carbonyl (C=O) groups excluding carboxylic acids is 1. The highest BCUT2D eigenvalue weighted by atomic mass is 16.6. The second-order valence-electron chi connectivity index (χ2n) is 7.32. The van der Waals surface area contributed by atoms with Gasteiger partial charge in [-0.3, -0.25) is 0 Å². The Morgan fingerprint density at radius 2 is 1.94 bits per heavy atom. The van der Waals surface area contributed by atoms with Crippen LogP contribution in [0.15, 0.2) is 47.0 Å². The van der Waals surface area contributed by atoms with E-state index in [0.29, 0.717) is 48.7 Å². The summed E-state index contributed by atoms with van der Waals surface area (Å²) < 4.78 is 21.8. The minimum atomic E-state index is -0.267. The quantitative estimate of drug-likeness (QED) is 0.681. The number of carbonyl (C=O) groups is 1. The molecule has 9 nitrogen and oxygen atoms in total. The van der Waals surface area contributed by atoms with Crippen LogP contribution in [-0.2, 0) is 0 Å². The largest absolute Gasteiger partial charge is 0.497 e. The monoisotopic (exact) mass is 422 g/mol. The molecule has 1 atom stereocenters. The normalized spacial score (nSPS) is 17.5. The summed E-state index contributed by atoms with van der Waals surface area (Å²) in [4.78, 5) is 19.2. The Hall–Kier alpha value is -3.75. The van der Waals surface area contributed by atoms with Crippen LogP contribution in [0.3, 0.4) is 0 Å². The van der Waals surface area contributed by atoms with E-state index in [0.717, 1.165) is 24.2 Å². The summed E-state index contributed by atoms with van der Waals surface area (Å²) in [6.07, 6.45) is 1.62. The highest BCUT2D eigenvalue weighted by molar-refractivity contribution is 5.90. The standard InChI is InChI=1S/C22H22N4O5/c1-28-16-7-4-14(5-8-16)20-24-21(31-25-20)17-3-2-10-26(17)22(27)23-15-6-9-18-19(13-15)30-12-11-29-18/h4-9,13,17H,2-3,10-12H2,1H3,(H,23,27). The Morgan fingerprint density at radius 3 is 2.74 bits per heavy atom. The van der Waals surface area contributed by atoms with E-state index in [2.05, 4.69) is 15.5 Å². The van der Waals surface area contributed by atoms with Gasteiger partial charge in [0.05, 0.1) is 7.11 Å². The first-order valence-electron chi connectivity index (χ1n) is 10.2. The van der Waals surface area contributed by atoms with Crippen LogP contribution >= 0.6 is 0 Å². The van der Waals surface area contributed by atoms with Crippen LogP contribution < -0.4 is 19.5 Å². The average molecular weight is 422 g/mol. The van der Waals surface area contributed by atoms with Crippen molar-refractivity contribution in [3.05, 3.63) is 48.4 Å². The van der Waals surface area contributed by atoms with E-state index in [1.807, 2.05) is 24.3 Å². The smallest absolute Gasteiger partial charge is 0.322 e. The van der Waals surface area contributed by atoms with Gasteiger partial charge in [0.1, 0.15) is 25.0 Å². The van der Waals surface area contributed by atoms with Gasteiger partial charge in [0.15, 0.2) is 11.5 Å². The van der Waals surface area contributed by atoms with Crippen molar-refractivity contribution in [2.75, 3.05) is 32.2 Å². The van der Waals surface area contributed by atoms with Gasteiger partial charge in [0, 0.05) is 23.9 Å². The van der Waals surface area contributed by atoms with E-state index in [-0.39, 0.29) is 12.1 Å². The van der Waals surface area contributed by atoms with Gasteiger partial charge in [-0.05, 0) is 49.2 Å². The fourth-order valence-corrected chi connectivity index (χ4v) is 3.81. The molecular weight excluding hydrogens is 400 g/mol. The van der Waals surface area contributed by atoms with E-state index in [9.17, 15) is 4.79 Å². The number of hydrogen-bond acceptors (Lipinski definition) is 7. The van der Waals surface area contributed by atoms with E-state index < -0.39 is 0 Å². The predicted molar refractivity (Wildman–Crippen MR) is 111 cm³/mol. The lowest BCUT2D eigenvalue weighted by Crippen LogP contribution is -2.34. The summed E-state index contributed by atoms with van der Waals surface area (Å²) >= 11 is 0. The molecule has 0 bridgehead atoms. The number of likely N-dealkylation sites (tertiary alicyclic amines) is 1. The van der Waals surface area contributed by atoms with Gasteiger partial charge in [-0.1, -0.05) is 5.16 Å². The average Bonchev–Trinajstić information content (AvgIpc) is 3.49. The van der Waals surface area contributed by atoms with Gasteiger partial charge in [0.25, 0.3) is 0 Å². The number of hydrogen-bond donors (Lipinski definition) is 1. The summed E-state index contributed by atoms with van der Waals surface area (Å²) in [5, 5.41) is 7.03. The van der Waals surface area contributed by atoms with E-state index >= 15 is 0 Å². The lowest BCUT2D eigenvalue weighted by atomic mass is 10.2. The summed E-state index contributed by atoms with van der Waals surface area (Å²) in [5.41, 5.74) is 1.46. The molecule has 3 aromatic rings. The van der Waals surface area contributed by atoms with E-state index in [1.165, 1.54) is 0 Å². The maximum Gasteiger partial charge on any atom is 0.322 e. The van der Waals surface area contributed by atoms with Gasteiger partial charge in [-0.15, -0.1) is 0 Å². The van der Waals surface area contributed by atoms with Gasteiger partial charge in [0.2, 0.25) is 11.7 Å². The third kappa shape index (κ3) is 3.86. The molecule has 0 aliphatic carbocycles. The molecule has 9 heteroatoms. The zero-order chi connectivity index (χ0) is 21.2. The number of benzene rings is 2. The molecule has 0 saturated carbocycles. The molecule has 1 aromatic heterocycles. The molecule has 2 amide bonds. The number of fused-ring (bicyclic) bond motifs is 1. The SMILES string of the molecule is COc1ccc(-c2noc(C3CCCN3C(=O)Nc3ccc4c(c3)OCCO4)n2)cc1. The fourth-order valence-electron chi connectivity index (χ4n) is 3.81. The summed E-state index contributed by atoms with van der Waals surface area (Å²) in [6.45, 7) is 1.63. The Labute approximate surface area is 178 Å². The van der Waals surface area contributed by atoms with Crippen molar-refractivity contribution in [1.29, 1.82) is 0 Å². The van der Waals surface area contributed by atoms with Crippen molar-refractivity contribution in [1.82, 2.24) is 15.0 Å². The highest BCUT2D eigenvalue weighted by Gasteiger charge is 2.34. The summed E-state index contributed by atoms with van der Waals surface area (Å²) in [6, 6.07) is 12.3. The van der Waals surface area contributed by atoms with Crippen molar-refractivity contribution in [2.45, 2.75) is 18.9 Å². The number of ether oxygens (including phenoxy) is 3. The zero-order valence-electron chi connectivity index (χ0n) is 17.0. The van der Waals surface area contributed by atoms with Crippen LogP contribution in [0.25, 0.3) is 11.4 Å². The molecule has 2 aliphatic heterocycles. The van der Waals surface area contributed by atoms with Crippen LogP contribution in [0.1, 0.15) is 24.8 Å². The van der Waals surface area contributed by atoms with E-state index in [1.54, 1.807) is 30.2 Å². The van der Waals surface area contributed by atoms with Crippen molar-refractivity contribution in [3.63, 3.8) is 0 Å². The number of amides is 2. The maximum absolute atomic E-state index is 13.0. The van der Waals surface area contributed by atoms with Crippen molar-refractivity contribution >= 4 is 11.7 Å². The molecule has 0 radical (unpaired) electrons. The first-order chi connectivity index (χ1) is 15.2. The van der Waals surface area contributed by atoms with Crippen molar-refractivity contribution in [3.8, 4) is 28.6 Å². The fraction of sp³-hybridized carbons (Fsp3) is 0.318. The van der Waals surface area contributed by atoms with Gasteiger partial charge >= 0.3 is 6.03 Å². The second-order valence-corrected chi connectivity index (χ2v) is 7.32. The Balaban J connectivity index is 1.30. The molecule has 1 fully saturated rings. The Morgan fingerprint density at radius 1 is 1.13 bits per heavy atom. The molecule has 31 heavy (non-hydrogen) atoms. The molecule has 160 valence electrons. The van der Waals surface area contributed by atoms with E-state index in [4.69, 9.17) is 18.7 Å². The van der Waals surface area contributed by atoms with Gasteiger partial charge in [-0.25, -0.2) is 4.79 Å². The third-order valence-electron chi connectivity index (χ3n) is 5.38. The van der Waals surface area contributed by atoms with Crippen LogP contribution in [0.5, 0.6) is 17.2 Å². The Bertz CT molecular complexity index is 1080. The molecule has 1 N–H and O–H groups in total. The van der Waals surface area contributed by atoms with Gasteiger partial charge in [-0.2, -0.15) is 4.98 Å². The molecule has 1 saturated heterocycles. The molecule has 2 aromatic carbocycles. The lowest BCUT2D eigenvalue weighted by molar-refractivity contribution is 0.171. The van der Waals surface area contributed by atoms with Crippen molar-refractivity contribution in [2.24, 2.45) is 0 Å². The molecular formula is C22H22N4O5. The van der Waals surface area contributed by atoms with Gasteiger partial charge < -0.3 is 29.0 Å². The zero-order valence-corrected chi connectivity index (χ0v) is 17.0. The maximum atomic E-state index is 13.0. The number of urea groups is 1. The first kappa shape index (κ1) is 19.2. The lowest BCUT2D eigenvalue weighted by Gasteiger charge is -2.23. The predicted octanol–water partition coefficient (Wildman–Crippen LogP) is 3.89. The molecule has 3 heterocycles. The summed E-state index contributed by atoms with van der Waals surface area (Å²) in [7, 11) is 1.62. The third-order valence-corrected chi connectivity index (χ3v) is 5.38. The Kier molecular flexibility index (Phi) is 5.07.